The molecule has 0 bridgehead atoms. The van der Waals surface area contributed by atoms with Gasteiger partial charge in [0.25, 0.3) is 0 Å². The van der Waals surface area contributed by atoms with E-state index in [1.807, 2.05) is 18.2 Å². The van der Waals surface area contributed by atoms with E-state index in [0.29, 0.717) is 0 Å². The lowest BCUT2D eigenvalue weighted by Crippen LogP contribution is -1.98. The summed E-state index contributed by atoms with van der Waals surface area (Å²) in [5.41, 5.74) is 7.08. The smallest absolute Gasteiger partial charge is 0.0416 e. The number of para-hydroxylation sites is 2. The van der Waals surface area contributed by atoms with Gasteiger partial charge in [-0.15, -0.1) is 0 Å². The maximum absolute atomic E-state index is 3.56. The van der Waals surface area contributed by atoms with Crippen molar-refractivity contribution >= 4 is 22.7 Å². The van der Waals surface area contributed by atoms with Crippen molar-refractivity contribution in [2.24, 2.45) is 0 Å². The van der Waals surface area contributed by atoms with E-state index in [4.69, 9.17) is 0 Å². The van der Waals surface area contributed by atoms with E-state index in [1.54, 1.807) is 0 Å². The number of hydrogen-bond donors (Lipinski definition) is 2. The first-order chi connectivity index (χ1) is 11.3. The van der Waals surface area contributed by atoms with Crippen molar-refractivity contribution in [3.63, 3.8) is 0 Å². The maximum atomic E-state index is 3.56. The molecule has 3 rings (SSSR count). The summed E-state index contributed by atoms with van der Waals surface area (Å²) >= 11 is 0. The Morgan fingerprint density at radius 1 is 0.696 bits per heavy atom. The third-order valence-corrected chi connectivity index (χ3v) is 3.96. The molecule has 2 nitrogen and oxygen atoms in total. The Morgan fingerprint density at radius 3 is 2.17 bits per heavy atom. The Kier molecular flexibility index (Phi) is 4.62. The molecule has 0 aliphatic heterocycles. The summed E-state index contributed by atoms with van der Waals surface area (Å²) in [5, 5.41) is 6.99. The SMILES string of the molecule is CCc1ccccc1Nc1ccc(Nc2ccccc2)cc1C. The molecule has 0 fully saturated rings. The van der Waals surface area contributed by atoms with Crippen LogP contribution in [0, 0.1) is 6.92 Å². The molecule has 2 N–H and O–H groups in total. The first-order valence-corrected chi connectivity index (χ1v) is 8.04. The van der Waals surface area contributed by atoms with Crippen molar-refractivity contribution < 1.29 is 0 Å². The van der Waals surface area contributed by atoms with Crippen LogP contribution in [-0.4, -0.2) is 0 Å². The molecule has 3 aromatic rings. The minimum Gasteiger partial charge on any atom is -0.356 e. The van der Waals surface area contributed by atoms with Gasteiger partial charge in [-0.2, -0.15) is 0 Å². The largest absolute Gasteiger partial charge is 0.356 e. The molecular formula is C21H22N2. The molecule has 2 heteroatoms. The summed E-state index contributed by atoms with van der Waals surface area (Å²) in [6.45, 7) is 4.31. The van der Waals surface area contributed by atoms with Crippen molar-refractivity contribution in [1.82, 2.24) is 0 Å². The Bertz CT molecular complexity index is 779. The second kappa shape index (κ2) is 7.01. The van der Waals surface area contributed by atoms with Gasteiger partial charge >= 0.3 is 0 Å². The van der Waals surface area contributed by atoms with E-state index in [2.05, 4.69) is 79.1 Å². The quantitative estimate of drug-likeness (QED) is 0.600. The van der Waals surface area contributed by atoms with Crippen LogP contribution in [0.15, 0.2) is 72.8 Å². The molecule has 0 spiro atoms. The molecule has 23 heavy (non-hydrogen) atoms. The number of anilines is 4. The van der Waals surface area contributed by atoms with E-state index < -0.39 is 0 Å². The molecule has 0 heterocycles. The zero-order valence-corrected chi connectivity index (χ0v) is 13.6. The Balaban J connectivity index is 1.79. The third-order valence-electron chi connectivity index (χ3n) is 3.96. The highest BCUT2D eigenvalue weighted by Gasteiger charge is 2.04. The Hall–Kier alpha value is -2.74. The molecular weight excluding hydrogens is 280 g/mol. The minimum absolute atomic E-state index is 1.02. The van der Waals surface area contributed by atoms with Gasteiger partial charge in [0.2, 0.25) is 0 Å². The lowest BCUT2D eigenvalue weighted by molar-refractivity contribution is 1.14. The lowest BCUT2D eigenvalue weighted by Gasteiger charge is -2.15. The molecule has 116 valence electrons. The fraction of sp³-hybridized carbons (Fsp3) is 0.143. The van der Waals surface area contributed by atoms with Crippen molar-refractivity contribution in [1.29, 1.82) is 0 Å². The van der Waals surface area contributed by atoms with Crippen molar-refractivity contribution in [3.8, 4) is 0 Å². The number of aryl methyl sites for hydroxylation is 2. The average Bonchev–Trinajstić information content (AvgIpc) is 2.59. The normalized spacial score (nSPS) is 10.3. The summed E-state index contributed by atoms with van der Waals surface area (Å²) in [6, 6.07) is 25.1. The molecule has 0 atom stereocenters. The van der Waals surface area contributed by atoms with E-state index in [-0.39, 0.29) is 0 Å². The van der Waals surface area contributed by atoms with E-state index >= 15 is 0 Å². The van der Waals surface area contributed by atoms with Gasteiger partial charge in [-0.05, 0) is 60.9 Å². The van der Waals surface area contributed by atoms with Crippen LogP contribution < -0.4 is 10.6 Å². The maximum Gasteiger partial charge on any atom is 0.0416 e. The van der Waals surface area contributed by atoms with Gasteiger partial charge in [-0.3, -0.25) is 0 Å². The zero-order chi connectivity index (χ0) is 16.1. The van der Waals surface area contributed by atoms with Crippen LogP contribution in [0.2, 0.25) is 0 Å². The van der Waals surface area contributed by atoms with Crippen LogP contribution in [0.25, 0.3) is 0 Å². The molecule has 0 saturated heterocycles. The third kappa shape index (κ3) is 3.72. The lowest BCUT2D eigenvalue weighted by atomic mass is 10.1. The van der Waals surface area contributed by atoms with Crippen LogP contribution in [0.1, 0.15) is 18.1 Å². The van der Waals surface area contributed by atoms with E-state index in [9.17, 15) is 0 Å². The zero-order valence-electron chi connectivity index (χ0n) is 13.6. The van der Waals surface area contributed by atoms with Crippen molar-refractivity contribution in [2.45, 2.75) is 20.3 Å². The van der Waals surface area contributed by atoms with Gasteiger partial charge in [-0.25, -0.2) is 0 Å². The topological polar surface area (TPSA) is 24.1 Å². The molecule has 0 saturated carbocycles. The number of nitrogens with one attached hydrogen (secondary N) is 2. The Labute approximate surface area is 138 Å². The number of hydrogen-bond acceptors (Lipinski definition) is 2. The van der Waals surface area contributed by atoms with E-state index in [1.165, 1.54) is 16.8 Å². The highest BCUT2D eigenvalue weighted by molar-refractivity contribution is 5.70. The fourth-order valence-corrected chi connectivity index (χ4v) is 2.67. The molecule has 3 aromatic carbocycles. The molecule has 0 unspecified atom stereocenters. The highest BCUT2D eigenvalue weighted by Crippen LogP contribution is 2.27. The first-order valence-electron chi connectivity index (χ1n) is 8.04. The molecule has 0 aliphatic carbocycles. The van der Waals surface area contributed by atoms with Gasteiger partial charge in [0.15, 0.2) is 0 Å². The van der Waals surface area contributed by atoms with Gasteiger partial charge in [-0.1, -0.05) is 43.3 Å². The fourth-order valence-electron chi connectivity index (χ4n) is 2.67. The second-order valence-corrected chi connectivity index (χ2v) is 5.66. The number of benzene rings is 3. The van der Waals surface area contributed by atoms with Crippen LogP contribution in [0.3, 0.4) is 0 Å². The first kappa shape index (κ1) is 15.2. The monoisotopic (exact) mass is 302 g/mol. The predicted molar refractivity (Wildman–Crippen MR) is 100 cm³/mol. The van der Waals surface area contributed by atoms with Crippen molar-refractivity contribution in [2.75, 3.05) is 10.6 Å². The Morgan fingerprint density at radius 2 is 1.43 bits per heavy atom. The van der Waals surface area contributed by atoms with Crippen molar-refractivity contribution in [3.05, 3.63) is 83.9 Å². The summed E-state index contributed by atoms with van der Waals surface area (Å²) in [4.78, 5) is 0. The summed E-state index contributed by atoms with van der Waals surface area (Å²) in [7, 11) is 0. The standard InChI is InChI=1S/C21H22N2/c1-3-17-9-7-8-12-21(17)23-20-14-13-19(15-16(20)2)22-18-10-5-4-6-11-18/h4-15,22-23H,3H2,1-2H3. The van der Waals surface area contributed by atoms with Crippen LogP contribution in [0.5, 0.6) is 0 Å². The molecule has 0 radical (unpaired) electrons. The summed E-state index contributed by atoms with van der Waals surface area (Å²) in [5.74, 6) is 0. The van der Waals surface area contributed by atoms with Gasteiger partial charge in [0, 0.05) is 22.7 Å². The summed E-state index contributed by atoms with van der Waals surface area (Å²) in [6.07, 6.45) is 1.02. The highest BCUT2D eigenvalue weighted by atomic mass is 14.9. The predicted octanol–water partition coefficient (Wildman–Crippen LogP) is 6.04. The molecule has 0 aliphatic rings. The molecule has 0 amide bonds. The summed E-state index contributed by atoms with van der Waals surface area (Å²) < 4.78 is 0. The second-order valence-electron chi connectivity index (χ2n) is 5.66. The molecule has 0 aromatic heterocycles. The van der Waals surface area contributed by atoms with Gasteiger partial charge in [0.05, 0.1) is 0 Å². The van der Waals surface area contributed by atoms with Gasteiger partial charge in [0.1, 0.15) is 0 Å². The van der Waals surface area contributed by atoms with Crippen LogP contribution in [0.4, 0.5) is 22.7 Å². The number of rotatable bonds is 5. The average molecular weight is 302 g/mol. The minimum atomic E-state index is 1.02. The van der Waals surface area contributed by atoms with Crippen LogP contribution >= 0.6 is 0 Å². The van der Waals surface area contributed by atoms with Crippen LogP contribution in [-0.2, 0) is 6.42 Å². The van der Waals surface area contributed by atoms with Gasteiger partial charge < -0.3 is 10.6 Å². The van der Waals surface area contributed by atoms with E-state index in [0.717, 1.165) is 23.5 Å².